The second-order valence-electron chi connectivity index (χ2n) is 11.4. The van der Waals surface area contributed by atoms with Crippen molar-refractivity contribution in [1.29, 1.82) is 0 Å². The van der Waals surface area contributed by atoms with E-state index in [1.807, 2.05) is 9.80 Å². The van der Waals surface area contributed by atoms with E-state index in [-0.39, 0.29) is 23.5 Å². The summed E-state index contributed by atoms with van der Waals surface area (Å²) in [5, 5.41) is 7.21. The summed E-state index contributed by atoms with van der Waals surface area (Å²) in [6.07, 6.45) is 13.4. The quantitative estimate of drug-likeness (QED) is 0.664. The van der Waals surface area contributed by atoms with Gasteiger partial charge in [-0.05, 0) is 61.3 Å². The Hall–Kier alpha value is -2.64. The molecule has 4 aliphatic heterocycles. The summed E-state index contributed by atoms with van der Waals surface area (Å²) in [6, 6.07) is 8.68. The number of nitrogens with one attached hydrogen (secondary N) is 2. The normalized spacial score (nSPS) is 29.9. The molecule has 1 spiro atoms. The Bertz CT molecular complexity index is 1080. The molecule has 35 heavy (non-hydrogen) atoms. The van der Waals surface area contributed by atoms with Gasteiger partial charge in [0.25, 0.3) is 0 Å². The first-order chi connectivity index (χ1) is 17.1. The molecule has 3 saturated heterocycles. The lowest BCUT2D eigenvalue weighted by Crippen LogP contribution is -2.55. The van der Waals surface area contributed by atoms with Crippen LogP contribution < -0.4 is 10.6 Å². The zero-order valence-corrected chi connectivity index (χ0v) is 20.3. The van der Waals surface area contributed by atoms with E-state index in [0.29, 0.717) is 18.0 Å². The summed E-state index contributed by atoms with van der Waals surface area (Å²) in [6.45, 7) is 4.65. The second-order valence-corrected chi connectivity index (χ2v) is 11.4. The van der Waals surface area contributed by atoms with Crippen LogP contribution in [0.1, 0.15) is 55.8 Å². The van der Waals surface area contributed by atoms with E-state index < -0.39 is 0 Å². The van der Waals surface area contributed by atoms with Crippen molar-refractivity contribution in [3.05, 3.63) is 53.7 Å². The average molecular weight is 474 g/mol. The van der Waals surface area contributed by atoms with Gasteiger partial charge in [0.1, 0.15) is 11.7 Å². The van der Waals surface area contributed by atoms with Gasteiger partial charge in [-0.3, -0.25) is 19.8 Å². The molecule has 0 aromatic heterocycles. The van der Waals surface area contributed by atoms with E-state index in [9.17, 15) is 9.59 Å². The van der Waals surface area contributed by atoms with Crippen LogP contribution in [0.2, 0.25) is 0 Å². The molecule has 1 aromatic carbocycles. The number of hydrogen-bond acceptors (Lipinski definition) is 5. The van der Waals surface area contributed by atoms with E-state index in [2.05, 4.69) is 58.2 Å². The van der Waals surface area contributed by atoms with Crippen LogP contribution in [0, 0.1) is 11.8 Å². The number of dihydropyridines is 1. The SMILES string of the molecule is O=C(C1CC1)N1CC(CN2C(=O)C3(CC3)NC2c2ccc(C3=CNC(N4CCCC4)C=C3)cc2)C1. The van der Waals surface area contributed by atoms with Gasteiger partial charge in [-0.15, -0.1) is 0 Å². The van der Waals surface area contributed by atoms with Crippen LogP contribution in [0.5, 0.6) is 0 Å². The lowest BCUT2D eigenvalue weighted by Gasteiger charge is -2.42. The molecule has 2 amide bonds. The Kier molecular flexibility index (Phi) is 5.07. The minimum atomic E-state index is -0.347. The number of carbonyl (C=O) groups excluding carboxylic acids is 2. The Morgan fingerprint density at radius 1 is 1.06 bits per heavy atom. The van der Waals surface area contributed by atoms with Crippen molar-refractivity contribution >= 4 is 17.4 Å². The Balaban J connectivity index is 1.02. The van der Waals surface area contributed by atoms with Gasteiger partial charge < -0.3 is 15.1 Å². The summed E-state index contributed by atoms with van der Waals surface area (Å²) in [5.41, 5.74) is 3.16. The number of carbonyl (C=O) groups is 2. The van der Waals surface area contributed by atoms with Crippen LogP contribution >= 0.6 is 0 Å². The van der Waals surface area contributed by atoms with Crippen molar-refractivity contribution in [2.75, 3.05) is 32.7 Å². The Morgan fingerprint density at radius 2 is 1.80 bits per heavy atom. The summed E-state index contributed by atoms with van der Waals surface area (Å²) >= 11 is 0. The van der Waals surface area contributed by atoms with Gasteiger partial charge in [0.15, 0.2) is 0 Å². The molecule has 0 radical (unpaired) electrons. The van der Waals surface area contributed by atoms with Gasteiger partial charge in [-0.2, -0.15) is 0 Å². The van der Waals surface area contributed by atoms with E-state index in [0.717, 1.165) is 50.9 Å². The highest BCUT2D eigenvalue weighted by atomic mass is 16.2. The summed E-state index contributed by atoms with van der Waals surface area (Å²) in [4.78, 5) is 32.1. The molecule has 2 saturated carbocycles. The summed E-state index contributed by atoms with van der Waals surface area (Å²) in [5.74, 6) is 1.23. The van der Waals surface area contributed by atoms with E-state index in [1.54, 1.807) is 0 Å². The monoisotopic (exact) mass is 473 g/mol. The third kappa shape index (κ3) is 3.89. The van der Waals surface area contributed by atoms with Gasteiger partial charge >= 0.3 is 0 Å². The fourth-order valence-electron chi connectivity index (χ4n) is 6.22. The number of rotatable bonds is 6. The minimum absolute atomic E-state index is 0.0826. The summed E-state index contributed by atoms with van der Waals surface area (Å²) < 4.78 is 0. The topological polar surface area (TPSA) is 67.9 Å². The maximum Gasteiger partial charge on any atom is 0.244 e. The van der Waals surface area contributed by atoms with Crippen LogP contribution in [-0.2, 0) is 9.59 Å². The molecule has 184 valence electrons. The second kappa shape index (κ2) is 8.20. The lowest BCUT2D eigenvalue weighted by molar-refractivity contribution is -0.140. The molecule has 2 unspecified atom stereocenters. The van der Waals surface area contributed by atoms with Gasteiger partial charge in [0, 0.05) is 50.8 Å². The van der Waals surface area contributed by atoms with Crippen LogP contribution in [0.15, 0.2) is 42.6 Å². The van der Waals surface area contributed by atoms with Gasteiger partial charge in [-0.1, -0.05) is 30.3 Å². The first-order valence-corrected chi connectivity index (χ1v) is 13.5. The van der Waals surface area contributed by atoms with Crippen molar-refractivity contribution in [3.8, 4) is 0 Å². The summed E-state index contributed by atoms with van der Waals surface area (Å²) in [7, 11) is 0. The Morgan fingerprint density at radius 3 is 2.43 bits per heavy atom. The van der Waals surface area contributed by atoms with Gasteiger partial charge in [0.2, 0.25) is 11.8 Å². The van der Waals surface area contributed by atoms with Gasteiger partial charge in [0.05, 0.1) is 6.17 Å². The number of hydrogen-bond donors (Lipinski definition) is 2. The highest BCUT2D eigenvalue weighted by Crippen LogP contribution is 2.46. The van der Waals surface area contributed by atoms with Crippen LogP contribution in [-0.4, -0.2) is 70.9 Å². The maximum absolute atomic E-state index is 13.3. The van der Waals surface area contributed by atoms with Gasteiger partial charge in [-0.25, -0.2) is 0 Å². The molecule has 7 rings (SSSR count). The molecule has 6 aliphatic rings. The number of amides is 2. The molecule has 7 heteroatoms. The largest absolute Gasteiger partial charge is 0.372 e. The van der Waals surface area contributed by atoms with Crippen molar-refractivity contribution in [1.82, 2.24) is 25.3 Å². The molecule has 0 bridgehead atoms. The van der Waals surface area contributed by atoms with Crippen LogP contribution in [0.4, 0.5) is 0 Å². The van der Waals surface area contributed by atoms with Crippen molar-refractivity contribution in [2.24, 2.45) is 11.8 Å². The molecular weight excluding hydrogens is 438 g/mol. The zero-order chi connectivity index (χ0) is 23.6. The van der Waals surface area contributed by atoms with Crippen molar-refractivity contribution in [2.45, 2.75) is 56.4 Å². The lowest BCUT2D eigenvalue weighted by atomic mass is 9.97. The molecule has 5 fully saturated rings. The third-order valence-electron chi connectivity index (χ3n) is 8.76. The predicted molar refractivity (Wildman–Crippen MR) is 134 cm³/mol. The standard InChI is InChI=1S/C28H35N5O2/c34-26(22-7-8-22)32-16-19(17-32)18-33-25(30-28(11-12-28)27(33)35)21-5-3-20(4-6-21)23-9-10-24(29-15-23)31-13-1-2-14-31/h3-6,9-10,15,19,22,24-25,29-30H,1-2,7-8,11-14,16-18H2. The number of benzene rings is 1. The zero-order valence-electron chi connectivity index (χ0n) is 20.3. The van der Waals surface area contributed by atoms with E-state index in [4.69, 9.17) is 0 Å². The molecular formula is C28H35N5O2. The molecule has 2 aliphatic carbocycles. The molecule has 7 nitrogen and oxygen atoms in total. The number of likely N-dealkylation sites (tertiary alicyclic amines) is 2. The predicted octanol–water partition coefficient (Wildman–Crippen LogP) is 2.44. The first kappa shape index (κ1) is 21.6. The highest BCUT2D eigenvalue weighted by molar-refractivity contribution is 5.92. The average Bonchev–Trinajstić information content (AvgIpc) is 3.78. The van der Waals surface area contributed by atoms with Crippen molar-refractivity contribution < 1.29 is 9.59 Å². The smallest absolute Gasteiger partial charge is 0.244 e. The number of nitrogens with zero attached hydrogens (tertiary/aromatic N) is 3. The third-order valence-corrected chi connectivity index (χ3v) is 8.76. The van der Waals surface area contributed by atoms with Crippen LogP contribution in [0.3, 0.4) is 0 Å². The highest BCUT2D eigenvalue weighted by Gasteiger charge is 2.59. The van der Waals surface area contributed by atoms with Crippen molar-refractivity contribution in [3.63, 3.8) is 0 Å². The first-order valence-electron chi connectivity index (χ1n) is 13.5. The molecule has 4 heterocycles. The fourth-order valence-corrected chi connectivity index (χ4v) is 6.22. The molecule has 2 atom stereocenters. The molecule has 2 N–H and O–H groups in total. The number of allylic oxidation sites excluding steroid dienone is 2. The Labute approximate surface area is 207 Å². The van der Waals surface area contributed by atoms with E-state index >= 15 is 0 Å². The fraction of sp³-hybridized carbons (Fsp3) is 0.571. The maximum atomic E-state index is 13.3. The van der Waals surface area contributed by atoms with Crippen LogP contribution in [0.25, 0.3) is 5.57 Å². The molecule has 1 aromatic rings. The van der Waals surface area contributed by atoms with E-state index in [1.165, 1.54) is 37.1 Å². The minimum Gasteiger partial charge on any atom is -0.372 e.